The highest BCUT2D eigenvalue weighted by atomic mass is 16.5. The lowest BCUT2D eigenvalue weighted by atomic mass is 9.88. The van der Waals surface area contributed by atoms with E-state index in [-0.39, 0.29) is 5.76 Å². The zero-order chi connectivity index (χ0) is 13.0. The van der Waals surface area contributed by atoms with Crippen LogP contribution in [0.5, 0.6) is 0 Å². The molecule has 1 aromatic rings. The molecule has 1 aliphatic carbocycles. The van der Waals surface area contributed by atoms with E-state index >= 15 is 0 Å². The Morgan fingerprint density at radius 1 is 1.50 bits per heavy atom. The minimum absolute atomic E-state index is 0.216. The lowest BCUT2D eigenvalue weighted by Crippen LogP contribution is -2.29. The Kier molecular flexibility index (Phi) is 4.38. The lowest BCUT2D eigenvalue weighted by Gasteiger charge is -2.28. The Balaban J connectivity index is 1.86. The molecule has 0 saturated heterocycles. The molecule has 100 valence electrons. The summed E-state index contributed by atoms with van der Waals surface area (Å²) in [7, 11) is 0. The van der Waals surface area contributed by atoms with Crippen molar-refractivity contribution >= 4 is 5.91 Å². The van der Waals surface area contributed by atoms with Gasteiger partial charge in [0.25, 0.3) is 0 Å². The highest BCUT2D eigenvalue weighted by molar-refractivity contribution is 5.90. The normalized spacial score (nSPS) is 23.9. The summed E-state index contributed by atoms with van der Waals surface area (Å²) in [4.78, 5) is 11.2. The van der Waals surface area contributed by atoms with Gasteiger partial charge >= 0.3 is 5.91 Å². The van der Waals surface area contributed by atoms with Gasteiger partial charge in [-0.2, -0.15) is 0 Å². The average Bonchev–Trinajstić information content (AvgIpc) is 2.86. The Hall–Kier alpha value is -1.33. The van der Waals surface area contributed by atoms with Crippen LogP contribution >= 0.6 is 0 Å². The van der Waals surface area contributed by atoms with Crippen molar-refractivity contribution in [1.29, 1.82) is 0 Å². The van der Waals surface area contributed by atoms with Crippen LogP contribution in [0, 0.1) is 5.92 Å². The van der Waals surface area contributed by atoms with E-state index < -0.39 is 5.91 Å². The smallest absolute Gasteiger partial charge is 0.300 e. The second-order valence-electron chi connectivity index (χ2n) is 4.85. The number of carbonyl (C=O) groups is 1. The van der Waals surface area contributed by atoms with Crippen molar-refractivity contribution in [1.82, 2.24) is 5.43 Å². The van der Waals surface area contributed by atoms with E-state index in [2.05, 4.69) is 6.92 Å². The van der Waals surface area contributed by atoms with Gasteiger partial charge in [-0.1, -0.05) is 19.8 Å². The number of hydrogen-bond acceptors (Lipinski definition) is 4. The standard InChI is InChI=1S/C13H20N2O3/c1-9-4-2-3-5-11(9)17-8-10-6-7-12(18-10)13(16)15-14/h6-7,9,11H,2-5,8,14H2,1H3,(H,15,16). The molecule has 1 amide bonds. The molecule has 1 fully saturated rings. The molecule has 0 radical (unpaired) electrons. The number of nitrogens with two attached hydrogens (primary N) is 1. The molecule has 2 unspecified atom stereocenters. The Morgan fingerprint density at radius 2 is 2.28 bits per heavy atom. The van der Waals surface area contributed by atoms with Crippen LogP contribution < -0.4 is 11.3 Å². The van der Waals surface area contributed by atoms with Crippen LogP contribution in [0.15, 0.2) is 16.5 Å². The summed E-state index contributed by atoms with van der Waals surface area (Å²) in [6, 6.07) is 3.35. The number of carbonyl (C=O) groups excluding carboxylic acids is 1. The highest BCUT2D eigenvalue weighted by Crippen LogP contribution is 2.27. The van der Waals surface area contributed by atoms with Gasteiger partial charge in [0.15, 0.2) is 5.76 Å². The number of furan rings is 1. The average molecular weight is 252 g/mol. The van der Waals surface area contributed by atoms with Gasteiger partial charge in [-0.15, -0.1) is 0 Å². The summed E-state index contributed by atoms with van der Waals surface area (Å²) in [5.41, 5.74) is 2.03. The molecule has 2 atom stereocenters. The van der Waals surface area contributed by atoms with E-state index in [1.807, 2.05) is 5.43 Å². The number of nitrogens with one attached hydrogen (secondary N) is 1. The molecule has 1 aliphatic rings. The number of ether oxygens (including phenoxy) is 1. The molecule has 1 saturated carbocycles. The maximum Gasteiger partial charge on any atom is 0.300 e. The third kappa shape index (κ3) is 3.11. The van der Waals surface area contributed by atoms with E-state index in [0.29, 0.717) is 24.4 Å². The molecule has 3 N–H and O–H groups in total. The van der Waals surface area contributed by atoms with Gasteiger partial charge in [-0.3, -0.25) is 10.2 Å². The molecular formula is C13H20N2O3. The number of nitrogen functional groups attached to an aromatic ring is 1. The molecule has 1 heterocycles. The second-order valence-corrected chi connectivity index (χ2v) is 4.85. The van der Waals surface area contributed by atoms with E-state index in [9.17, 15) is 4.79 Å². The summed E-state index contributed by atoms with van der Waals surface area (Å²) >= 11 is 0. The van der Waals surface area contributed by atoms with Gasteiger partial charge in [0.05, 0.1) is 6.10 Å². The Bertz CT molecular complexity index is 403. The molecular weight excluding hydrogens is 232 g/mol. The van der Waals surface area contributed by atoms with E-state index in [1.54, 1.807) is 12.1 Å². The van der Waals surface area contributed by atoms with Gasteiger partial charge in [-0.25, -0.2) is 5.84 Å². The van der Waals surface area contributed by atoms with Crippen molar-refractivity contribution in [2.75, 3.05) is 0 Å². The van der Waals surface area contributed by atoms with Gasteiger partial charge < -0.3 is 9.15 Å². The SMILES string of the molecule is CC1CCCCC1OCc1ccc(C(=O)NN)o1. The van der Waals surface area contributed by atoms with Crippen molar-refractivity contribution in [3.63, 3.8) is 0 Å². The molecule has 1 aromatic heterocycles. The molecule has 2 rings (SSSR count). The maximum absolute atomic E-state index is 11.2. The number of amides is 1. The fraction of sp³-hybridized carbons (Fsp3) is 0.615. The second kappa shape index (κ2) is 6.02. The van der Waals surface area contributed by atoms with E-state index in [0.717, 1.165) is 6.42 Å². The topological polar surface area (TPSA) is 77.5 Å². The predicted molar refractivity (Wildman–Crippen MR) is 66.6 cm³/mol. The van der Waals surface area contributed by atoms with Crippen molar-refractivity contribution < 1.29 is 13.9 Å². The molecule has 0 aliphatic heterocycles. The van der Waals surface area contributed by atoms with Gasteiger partial charge in [0.1, 0.15) is 12.4 Å². The first-order valence-corrected chi connectivity index (χ1v) is 6.42. The van der Waals surface area contributed by atoms with Crippen LogP contribution in [0.2, 0.25) is 0 Å². The largest absolute Gasteiger partial charge is 0.453 e. The molecule has 0 bridgehead atoms. The van der Waals surface area contributed by atoms with E-state index in [1.165, 1.54) is 19.3 Å². The minimum Gasteiger partial charge on any atom is -0.453 e. The first-order valence-electron chi connectivity index (χ1n) is 6.42. The fourth-order valence-corrected chi connectivity index (χ4v) is 2.37. The van der Waals surface area contributed by atoms with Crippen molar-refractivity contribution in [2.24, 2.45) is 11.8 Å². The first-order chi connectivity index (χ1) is 8.70. The Morgan fingerprint density at radius 3 is 3.00 bits per heavy atom. The molecule has 5 nitrogen and oxygen atoms in total. The summed E-state index contributed by atoms with van der Waals surface area (Å²) in [6.45, 7) is 2.63. The lowest BCUT2D eigenvalue weighted by molar-refractivity contribution is -0.0221. The zero-order valence-electron chi connectivity index (χ0n) is 10.6. The fourth-order valence-electron chi connectivity index (χ4n) is 2.37. The number of hydrazine groups is 1. The van der Waals surface area contributed by atoms with Crippen LogP contribution in [0.4, 0.5) is 0 Å². The Labute approximate surface area is 107 Å². The number of hydrogen-bond donors (Lipinski definition) is 2. The third-order valence-corrected chi connectivity index (χ3v) is 3.49. The van der Waals surface area contributed by atoms with Crippen LogP contribution in [0.3, 0.4) is 0 Å². The van der Waals surface area contributed by atoms with Gasteiger partial charge in [0.2, 0.25) is 0 Å². The maximum atomic E-state index is 11.2. The van der Waals surface area contributed by atoms with Crippen LogP contribution in [0.1, 0.15) is 48.9 Å². The molecule has 0 aromatic carbocycles. The zero-order valence-corrected chi connectivity index (χ0v) is 10.6. The predicted octanol–water partition coefficient (Wildman–Crippen LogP) is 1.98. The molecule has 5 heteroatoms. The minimum atomic E-state index is -0.424. The van der Waals surface area contributed by atoms with Crippen LogP contribution in [-0.4, -0.2) is 12.0 Å². The summed E-state index contributed by atoms with van der Waals surface area (Å²) in [5, 5.41) is 0. The van der Waals surface area contributed by atoms with Crippen LogP contribution in [-0.2, 0) is 11.3 Å². The molecule has 0 spiro atoms. The molecule has 18 heavy (non-hydrogen) atoms. The van der Waals surface area contributed by atoms with Crippen molar-refractivity contribution in [3.8, 4) is 0 Å². The monoisotopic (exact) mass is 252 g/mol. The number of rotatable bonds is 4. The van der Waals surface area contributed by atoms with Gasteiger partial charge in [0, 0.05) is 0 Å². The summed E-state index contributed by atoms with van der Waals surface area (Å²) in [6.07, 6.45) is 5.16. The summed E-state index contributed by atoms with van der Waals surface area (Å²) < 4.78 is 11.2. The van der Waals surface area contributed by atoms with Gasteiger partial charge in [-0.05, 0) is 30.9 Å². The quantitative estimate of drug-likeness (QED) is 0.488. The van der Waals surface area contributed by atoms with Crippen LogP contribution in [0.25, 0.3) is 0 Å². The van der Waals surface area contributed by atoms with Crippen molar-refractivity contribution in [3.05, 3.63) is 23.7 Å². The highest BCUT2D eigenvalue weighted by Gasteiger charge is 2.22. The summed E-state index contributed by atoms with van der Waals surface area (Å²) in [5.74, 6) is 6.08. The first kappa shape index (κ1) is 13.1. The third-order valence-electron chi connectivity index (χ3n) is 3.49. The van der Waals surface area contributed by atoms with E-state index in [4.69, 9.17) is 15.0 Å². The van der Waals surface area contributed by atoms with Crippen molar-refractivity contribution in [2.45, 2.75) is 45.3 Å².